The molecule has 0 unspecified atom stereocenters. The molecule has 0 fully saturated rings. The van der Waals surface area contributed by atoms with Crippen molar-refractivity contribution in [2.75, 3.05) is 6.54 Å². The molecule has 5 heteroatoms. The van der Waals surface area contributed by atoms with Crippen molar-refractivity contribution in [2.45, 2.75) is 39.8 Å². The number of nitrogens with zero attached hydrogens (tertiary/aromatic N) is 3. The summed E-state index contributed by atoms with van der Waals surface area (Å²) in [6.45, 7) is 7.15. The summed E-state index contributed by atoms with van der Waals surface area (Å²) < 4.78 is 0. The van der Waals surface area contributed by atoms with Gasteiger partial charge in [0.05, 0.1) is 12.1 Å². The highest BCUT2D eigenvalue weighted by molar-refractivity contribution is 5.66. The van der Waals surface area contributed by atoms with Crippen LogP contribution >= 0.6 is 0 Å². The topological polar surface area (TPSA) is 66.3 Å². The molecule has 0 amide bonds. The van der Waals surface area contributed by atoms with Gasteiger partial charge in [0, 0.05) is 25.3 Å². The van der Waals surface area contributed by atoms with Crippen LogP contribution in [0.5, 0.6) is 0 Å². The van der Waals surface area contributed by atoms with E-state index in [0.717, 1.165) is 11.5 Å². The van der Waals surface area contributed by atoms with Crippen LogP contribution in [-0.2, 0) is 11.3 Å². The van der Waals surface area contributed by atoms with E-state index in [9.17, 15) is 4.79 Å². The average molecular weight is 237 g/mol. The Labute approximate surface area is 102 Å². The van der Waals surface area contributed by atoms with Crippen molar-refractivity contribution in [1.82, 2.24) is 14.9 Å². The first-order valence-corrected chi connectivity index (χ1v) is 5.73. The van der Waals surface area contributed by atoms with E-state index in [1.807, 2.05) is 13.0 Å². The Morgan fingerprint density at radius 2 is 2.24 bits per heavy atom. The largest absolute Gasteiger partial charge is 0.481 e. The molecule has 1 heterocycles. The lowest BCUT2D eigenvalue weighted by molar-refractivity contribution is -0.137. The lowest BCUT2D eigenvalue weighted by Gasteiger charge is -2.25. The quantitative estimate of drug-likeness (QED) is 0.811. The first-order chi connectivity index (χ1) is 7.99. The fourth-order valence-corrected chi connectivity index (χ4v) is 1.56. The molecule has 5 nitrogen and oxygen atoms in total. The van der Waals surface area contributed by atoms with E-state index in [-0.39, 0.29) is 6.42 Å². The van der Waals surface area contributed by atoms with Gasteiger partial charge < -0.3 is 5.11 Å². The van der Waals surface area contributed by atoms with E-state index in [0.29, 0.717) is 19.1 Å². The van der Waals surface area contributed by atoms with Crippen LogP contribution in [0.15, 0.2) is 12.3 Å². The molecule has 1 aromatic heterocycles. The van der Waals surface area contributed by atoms with Crippen molar-refractivity contribution < 1.29 is 9.90 Å². The molecular formula is C12H19N3O2. The minimum Gasteiger partial charge on any atom is -0.481 e. The predicted octanol–water partition coefficient (Wildman–Crippen LogP) is 1.47. The molecule has 0 radical (unpaired) electrons. The lowest BCUT2D eigenvalue weighted by Crippen LogP contribution is -2.32. The second kappa shape index (κ2) is 6.30. The Hall–Kier alpha value is -1.49. The first-order valence-electron chi connectivity index (χ1n) is 5.73. The van der Waals surface area contributed by atoms with Crippen molar-refractivity contribution in [3.05, 3.63) is 23.8 Å². The number of hydrogen-bond acceptors (Lipinski definition) is 4. The zero-order chi connectivity index (χ0) is 12.8. The number of aromatic nitrogens is 2. The van der Waals surface area contributed by atoms with Crippen molar-refractivity contribution in [1.29, 1.82) is 0 Å². The molecule has 94 valence electrons. The number of carbonyl (C=O) groups is 1. The Morgan fingerprint density at radius 1 is 1.53 bits per heavy atom. The van der Waals surface area contributed by atoms with Gasteiger partial charge in [-0.15, -0.1) is 0 Å². The maximum Gasteiger partial charge on any atom is 0.304 e. The average Bonchev–Trinajstić information content (AvgIpc) is 2.23. The van der Waals surface area contributed by atoms with Gasteiger partial charge in [-0.2, -0.15) is 0 Å². The molecule has 0 atom stereocenters. The molecule has 0 bridgehead atoms. The minimum absolute atomic E-state index is 0.155. The zero-order valence-corrected chi connectivity index (χ0v) is 10.6. The van der Waals surface area contributed by atoms with Crippen LogP contribution in [0.3, 0.4) is 0 Å². The summed E-state index contributed by atoms with van der Waals surface area (Å²) in [5.41, 5.74) is 0.927. The highest BCUT2D eigenvalue weighted by Crippen LogP contribution is 2.06. The molecule has 1 N–H and O–H groups in total. The normalized spacial score (nSPS) is 11.1. The lowest BCUT2D eigenvalue weighted by atomic mass is 10.2. The van der Waals surface area contributed by atoms with E-state index >= 15 is 0 Å². The summed E-state index contributed by atoms with van der Waals surface area (Å²) in [5, 5.41) is 8.70. The van der Waals surface area contributed by atoms with Gasteiger partial charge in [0.15, 0.2) is 0 Å². The molecule has 0 aliphatic heterocycles. The van der Waals surface area contributed by atoms with Crippen LogP contribution in [0.2, 0.25) is 0 Å². The Balaban J connectivity index is 2.63. The van der Waals surface area contributed by atoms with Gasteiger partial charge in [0.2, 0.25) is 0 Å². The third-order valence-corrected chi connectivity index (χ3v) is 2.54. The summed E-state index contributed by atoms with van der Waals surface area (Å²) in [5.74, 6) is -0.0287. The molecular weight excluding hydrogens is 218 g/mol. The second-order valence-corrected chi connectivity index (χ2v) is 4.30. The SMILES string of the molecule is Cc1nccc(CN(CCC(=O)O)C(C)C)n1. The van der Waals surface area contributed by atoms with Gasteiger partial charge in [0.25, 0.3) is 0 Å². The molecule has 0 aromatic carbocycles. The van der Waals surface area contributed by atoms with Crippen LogP contribution in [0.1, 0.15) is 31.8 Å². The zero-order valence-electron chi connectivity index (χ0n) is 10.6. The fourth-order valence-electron chi connectivity index (χ4n) is 1.56. The first kappa shape index (κ1) is 13.6. The van der Waals surface area contributed by atoms with Gasteiger partial charge in [0.1, 0.15) is 5.82 Å². The molecule has 1 rings (SSSR count). The Morgan fingerprint density at radius 3 is 2.76 bits per heavy atom. The standard InChI is InChI=1S/C12H19N3O2/c1-9(2)15(7-5-12(16)17)8-11-4-6-13-10(3)14-11/h4,6,9H,5,7-8H2,1-3H3,(H,16,17). The molecule has 1 aromatic rings. The number of rotatable bonds is 6. The van der Waals surface area contributed by atoms with E-state index < -0.39 is 5.97 Å². The molecule has 0 saturated carbocycles. The summed E-state index contributed by atoms with van der Waals surface area (Å²) in [6.07, 6.45) is 1.88. The highest BCUT2D eigenvalue weighted by Gasteiger charge is 2.12. The van der Waals surface area contributed by atoms with E-state index in [1.165, 1.54) is 0 Å². The van der Waals surface area contributed by atoms with Crippen LogP contribution in [0.25, 0.3) is 0 Å². The molecule has 0 aliphatic carbocycles. The highest BCUT2D eigenvalue weighted by atomic mass is 16.4. The van der Waals surface area contributed by atoms with E-state index in [1.54, 1.807) is 6.20 Å². The van der Waals surface area contributed by atoms with Crippen LogP contribution < -0.4 is 0 Å². The fraction of sp³-hybridized carbons (Fsp3) is 0.583. The van der Waals surface area contributed by atoms with E-state index in [2.05, 4.69) is 28.7 Å². The van der Waals surface area contributed by atoms with Crippen molar-refractivity contribution >= 4 is 5.97 Å². The van der Waals surface area contributed by atoms with Gasteiger partial charge in [-0.25, -0.2) is 9.97 Å². The summed E-state index contributed by atoms with van der Waals surface area (Å²) in [7, 11) is 0. The molecule has 0 spiro atoms. The maximum absolute atomic E-state index is 10.6. The summed E-state index contributed by atoms with van der Waals surface area (Å²) >= 11 is 0. The van der Waals surface area contributed by atoms with Gasteiger partial charge in [-0.05, 0) is 26.8 Å². The number of aliphatic carboxylic acids is 1. The smallest absolute Gasteiger partial charge is 0.304 e. The van der Waals surface area contributed by atoms with Gasteiger partial charge >= 0.3 is 5.97 Å². The van der Waals surface area contributed by atoms with Crippen molar-refractivity contribution in [3.8, 4) is 0 Å². The summed E-state index contributed by atoms with van der Waals surface area (Å²) in [6, 6.07) is 2.16. The Kier molecular flexibility index (Phi) is 5.03. The van der Waals surface area contributed by atoms with Gasteiger partial charge in [-0.1, -0.05) is 0 Å². The molecule has 17 heavy (non-hydrogen) atoms. The number of hydrogen-bond donors (Lipinski definition) is 1. The third kappa shape index (κ3) is 4.91. The third-order valence-electron chi connectivity index (χ3n) is 2.54. The van der Waals surface area contributed by atoms with Crippen molar-refractivity contribution in [2.24, 2.45) is 0 Å². The molecule has 0 aliphatic rings. The maximum atomic E-state index is 10.6. The predicted molar refractivity (Wildman–Crippen MR) is 64.6 cm³/mol. The van der Waals surface area contributed by atoms with Crippen molar-refractivity contribution in [3.63, 3.8) is 0 Å². The van der Waals surface area contributed by atoms with E-state index in [4.69, 9.17) is 5.11 Å². The second-order valence-electron chi connectivity index (χ2n) is 4.30. The van der Waals surface area contributed by atoms with Crippen LogP contribution in [-0.4, -0.2) is 38.5 Å². The minimum atomic E-state index is -0.769. The number of carboxylic acids is 1. The molecule has 0 saturated heterocycles. The van der Waals surface area contributed by atoms with Crippen LogP contribution in [0, 0.1) is 6.92 Å². The summed E-state index contributed by atoms with van der Waals surface area (Å²) in [4.78, 5) is 21.0. The number of aryl methyl sites for hydroxylation is 1. The monoisotopic (exact) mass is 237 g/mol. The Bertz CT molecular complexity index is 380. The van der Waals surface area contributed by atoms with Gasteiger partial charge in [-0.3, -0.25) is 9.69 Å². The van der Waals surface area contributed by atoms with Crippen LogP contribution in [0.4, 0.5) is 0 Å². The number of carboxylic acid groups (broad SMARTS) is 1.